The summed E-state index contributed by atoms with van der Waals surface area (Å²) in [6, 6.07) is 2.77. The smallest absolute Gasteiger partial charge is 0.143 e. The van der Waals surface area contributed by atoms with Gasteiger partial charge in [0.25, 0.3) is 0 Å². The lowest BCUT2D eigenvalue weighted by Gasteiger charge is -2.34. The third-order valence-electron chi connectivity index (χ3n) is 4.31. The van der Waals surface area contributed by atoms with Gasteiger partial charge in [-0.15, -0.1) is 0 Å². The van der Waals surface area contributed by atoms with Crippen molar-refractivity contribution in [1.29, 1.82) is 0 Å². The maximum absolute atomic E-state index is 14.2. The van der Waals surface area contributed by atoms with Crippen molar-refractivity contribution in [1.82, 2.24) is 5.32 Å². The minimum Gasteiger partial charge on any atom is -0.312 e. The van der Waals surface area contributed by atoms with Crippen molar-refractivity contribution in [3.63, 3.8) is 0 Å². The molecule has 4 heteroatoms. The van der Waals surface area contributed by atoms with Crippen LogP contribution in [0, 0.1) is 23.0 Å². The van der Waals surface area contributed by atoms with Gasteiger partial charge in [-0.25, -0.2) is 8.78 Å². The van der Waals surface area contributed by atoms with Gasteiger partial charge in [0.05, 0.1) is 4.47 Å². The lowest BCUT2D eigenvalue weighted by Crippen LogP contribution is -2.44. The molecule has 1 aliphatic rings. The Morgan fingerprint density at radius 1 is 1.19 bits per heavy atom. The summed E-state index contributed by atoms with van der Waals surface area (Å²) >= 11 is 3.15. The van der Waals surface area contributed by atoms with E-state index in [2.05, 4.69) is 48.9 Å². The van der Waals surface area contributed by atoms with E-state index in [1.807, 2.05) is 0 Å². The number of benzene rings is 1. The molecule has 2 rings (SSSR count). The zero-order valence-electron chi connectivity index (χ0n) is 13.2. The number of hydrogen-bond donors (Lipinski definition) is 1. The highest BCUT2D eigenvalue weighted by atomic mass is 79.9. The lowest BCUT2D eigenvalue weighted by molar-refractivity contribution is 0.223. The van der Waals surface area contributed by atoms with Crippen LogP contribution in [0.3, 0.4) is 0 Å². The minimum atomic E-state index is -0.461. The molecule has 0 spiro atoms. The van der Waals surface area contributed by atoms with Crippen molar-refractivity contribution >= 4 is 15.9 Å². The van der Waals surface area contributed by atoms with Crippen LogP contribution >= 0.6 is 15.9 Å². The van der Waals surface area contributed by atoms with E-state index in [1.165, 1.54) is 12.1 Å². The fourth-order valence-corrected chi connectivity index (χ4v) is 3.10. The van der Waals surface area contributed by atoms with Gasteiger partial charge in [-0.3, -0.25) is 0 Å². The molecular weight excluding hydrogens is 336 g/mol. The number of halogens is 3. The molecule has 1 nitrogen and oxygen atoms in total. The molecule has 1 atom stereocenters. The Labute approximate surface area is 134 Å². The van der Waals surface area contributed by atoms with Crippen molar-refractivity contribution < 1.29 is 8.78 Å². The fraction of sp³-hybridized carbons (Fsp3) is 0.647. The summed E-state index contributed by atoms with van der Waals surface area (Å²) in [7, 11) is 0. The van der Waals surface area contributed by atoms with Gasteiger partial charge in [-0.05, 0) is 79.4 Å². The summed E-state index contributed by atoms with van der Waals surface area (Å²) in [4.78, 5) is 0. The zero-order chi connectivity index (χ0) is 15.8. The van der Waals surface area contributed by atoms with Gasteiger partial charge < -0.3 is 5.32 Å². The maximum Gasteiger partial charge on any atom is 0.143 e. The molecule has 1 fully saturated rings. The fourth-order valence-electron chi connectivity index (χ4n) is 2.73. The van der Waals surface area contributed by atoms with E-state index in [0.717, 1.165) is 19.4 Å². The molecule has 0 saturated heterocycles. The first-order valence-electron chi connectivity index (χ1n) is 7.50. The minimum absolute atomic E-state index is 0.00447. The monoisotopic (exact) mass is 359 g/mol. The highest BCUT2D eigenvalue weighted by molar-refractivity contribution is 9.10. The molecule has 1 aromatic carbocycles. The van der Waals surface area contributed by atoms with Crippen LogP contribution in [0.2, 0.25) is 0 Å². The van der Waals surface area contributed by atoms with Crippen molar-refractivity contribution in [2.45, 2.75) is 52.5 Å². The molecule has 0 bridgehead atoms. The average molecular weight is 360 g/mol. The van der Waals surface area contributed by atoms with Gasteiger partial charge in [0.1, 0.15) is 11.6 Å². The molecule has 1 aromatic rings. The Morgan fingerprint density at radius 2 is 1.81 bits per heavy atom. The molecule has 21 heavy (non-hydrogen) atoms. The third-order valence-corrected chi connectivity index (χ3v) is 4.92. The van der Waals surface area contributed by atoms with E-state index in [0.29, 0.717) is 16.8 Å². The largest absolute Gasteiger partial charge is 0.312 e. The molecule has 1 aliphatic carbocycles. The number of nitrogens with one attached hydrogen (secondary N) is 1. The standard InChI is InChI=1S/C17H24BrF2N/c1-16(2,3)21-10-17(4,11-5-6-11)9-12-14(19)8-7-13(18)15(12)20/h7-8,11,21H,5-6,9-10H2,1-4H3. The molecule has 0 aromatic heterocycles. The summed E-state index contributed by atoms with van der Waals surface area (Å²) in [6.45, 7) is 9.25. The Balaban J connectivity index is 2.22. The van der Waals surface area contributed by atoms with Crippen LogP contribution in [0.1, 0.15) is 46.1 Å². The Kier molecular flexibility index (Phi) is 4.79. The normalized spacial score (nSPS) is 18.6. The first kappa shape index (κ1) is 16.9. The second-order valence-corrected chi connectivity index (χ2v) is 8.38. The van der Waals surface area contributed by atoms with Gasteiger partial charge in [0.2, 0.25) is 0 Å². The van der Waals surface area contributed by atoms with Crippen LogP contribution in [0.15, 0.2) is 16.6 Å². The molecule has 0 amide bonds. The topological polar surface area (TPSA) is 12.0 Å². The van der Waals surface area contributed by atoms with E-state index < -0.39 is 11.6 Å². The second-order valence-electron chi connectivity index (χ2n) is 7.53. The molecule has 1 N–H and O–H groups in total. The average Bonchev–Trinajstić information content (AvgIpc) is 3.21. The van der Waals surface area contributed by atoms with Crippen molar-refractivity contribution in [3.05, 3.63) is 33.8 Å². The van der Waals surface area contributed by atoms with Gasteiger partial charge in [-0.1, -0.05) is 6.92 Å². The lowest BCUT2D eigenvalue weighted by atomic mass is 9.78. The predicted molar refractivity (Wildman–Crippen MR) is 86.3 cm³/mol. The summed E-state index contributed by atoms with van der Waals surface area (Å²) < 4.78 is 28.6. The molecular formula is C17H24BrF2N. The zero-order valence-corrected chi connectivity index (χ0v) is 14.8. The van der Waals surface area contributed by atoms with Crippen LogP contribution in [-0.2, 0) is 6.42 Å². The van der Waals surface area contributed by atoms with Crippen LogP contribution in [0.4, 0.5) is 8.78 Å². The summed E-state index contributed by atoms with van der Waals surface area (Å²) in [5, 5.41) is 3.50. The SMILES string of the molecule is CC(C)(C)NCC(C)(Cc1c(F)ccc(Br)c1F)C1CC1. The summed E-state index contributed by atoms with van der Waals surface area (Å²) in [6.07, 6.45) is 2.73. The quantitative estimate of drug-likeness (QED) is 0.723. The van der Waals surface area contributed by atoms with Crippen molar-refractivity contribution in [3.8, 4) is 0 Å². The molecule has 1 saturated carbocycles. The van der Waals surface area contributed by atoms with E-state index in [4.69, 9.17) is 0 Å². The first-order chi connectivity index (χ1) is 9.62. The first-order valence-corrected chi connectivity index (χ1v) is 8.29. The molecule has 0 aliphatic heterocycles. The van der Waals surface area contributed by atoms with Gasteiger partial charge in [0.15, 0.2) is 0 Å². The Bertz CT molecular complexity index is 520. The summed E-state index contributed by atoms with van der Waals surface area (Å²) in [5.74, 6) is -0.360. The van der Waals surface area contributed by atoms with Gasteiger partial charge in [0, 0.05) is 17.6 Å². The van der Waals surface area contributed by atoms with Crippen LogP contribution < -0.4 is 5.32 Å². The molecule has 1 unspecified atom stereocenters. The maximum atomic E-state index is 14.2. The van der Waals surface area contributed by atoms with Crippen molar-refractivity contribution in [2.24, 2.45) is 11.3 Å². The van der Waals surface area contributed by atoms with E-state index in [9.17, 15) is 8.78 Å². The van der Waals surface area contributed by atoms with Gasteiger partial charge in [-0.2, -0.15) is 0 Å². The van der Waals surface area contributed by atoms with Crippen LogP contribution in [-0.4, -0.2) is 12.1 Å². The number of rotatable bonds is 5. The second kappa shape index (κ2) is 5.96. The van der Waals surface area contributed by atoms with Crippen LogP contribution in [0.25, 0.3) is 0 Å². The van der Waals surface area contributed by atoms with E-state index in [-0.39, 0.29) is 16.5 Å². The Hall–Kier alpha value is -0.480. The van der Waals surface area contributed by atoms with Crippen LogP contribution in [0.5, 0.6) is 0 Å². The molecule has 0 radical (unpaired) electrons. The summed E-state index contributed by atoms with van der Waals surface area (Å²) in [5.41, 5.74) is 0.0924. The van der Waals surface area contributed by atoms with Gasteiger partial charge >= 0.3 is 0 Å². The third kappa shape index (κ3) is 4.26. The molecule has 118 valence electrons. The van der Waals surface area contributed by atoms with Crippen molar-refractivity contribution in [2.75, 3.05) is 6.54 Å². The highest BCUT2D eigenvalue weighted by Crippen LogP contribution is 2.48. The molecule has 0 heterocycles. The predicted octanol–water partition coefficient (Wildman–Crippen LogP) is 5.07. The highest BCUT2D eigenvalue weighted by Gasteiger charge is 2.42. The van der Waals surface area contributed by atoms with E-state index in [1.54, 1.807) is 0 Å². The number of hydrogen-bond acceptors (Lipinski definition) is 1. The Morgan fingerprint density at radius 3 is 2.33 bits per heavy atom. The van der Waals surface area contributed by atoms with E-state index >= 15 is 0 Å².